The Bertz CT molecular complexity index is 1190. The van der Waals surface area contributed by atoms with Crippen LogP contribution in [-0.2, 0) is 4.79 Å². The normalized spacial score (nSPS) is 15.7. The van der Waals surface area contributed by atoms with E-state index in [2.05, 4.69) is 20.4 Å². The Labute approximate surface area is 180 Å². The summed E-state index contributed by atoms with van der Waals surface area (Å²) in [6.45, 7) is 0. The molecule has 0 aliphatic carbocycles. The second-order valence-electron chi connectivity index (χ2n) is 6.83. The van der Waals surface area contributed by atoms with Crippen molar-refractivity contribution in [2.45, 2.75) is 12.5 Å². The summed E-state index contributed by atoms with van der Waals surface area (Å²) in [4.78, 5) is 30.0. The van der Waals surface area contributed by atoms with E-state index in [-0.39, 0.29) is 5.56 Å². The number of alkyl halides is 3. The molecule has 0 bridgehead atoms. The van der Waals surface area contributed by atoms with Gasteiger partial charge in [-0.3, -0.25) is 9.59 Å². The van der Waals surface area contributed by atoms with Gasteiger partial charge in [0.1, 0.15) is 5.75 Å². The largest absolute Gasteiger partial charge is 0.573 e. The van der Waals surface area contributed by atoms with Crippen molar-refractivity contribution in [1.82, 2.24) is 5.32 Å². The molecule has 0 radical (unpaired) electrons. The molecule has 3 aromatic rings. The average molecular weight is 439 g/mol. The van der Waals surface area contributed by atoms with E-state index in [0.717, 1.165) is 17.7 Å². The molecule has 4 rings (SSSR count). The summed E-state index contributed by atoms with van der Waals surface area (Å²) in [6, 6.07) is 20.8. The molecule has 1 unspecified atom stereocenters. The Morgan fingerprint density at radius 1 is 0.969 bits per heavy atom. The van der Waals surface area contributed by atoms with E-state index in [1.165, 1.54) is 12.1 Å². The van der Waals surface area contributed by atoms with E-state index >= 15 is 0 Å². The number of para-hydroxylation sites is 1. The molecule has 2 N–H and O–H groups in total. The molecular weight excluding hydrogens is 423 g/mol. The molecule has 0 aromatic heterocycles. The number of hydrogen-bond acceptors (Lipinski definition) is 4. The summed E-state index contributed by atoms with van der Waals surface area (Å²) in [5, 5.41) is 5.20. The van der Waals surface area contributed by atoms with Gasteiger partial charge in [0.25, 0.3) is 11.8 Å². The van der Waals surface area contributed by atoms with E-state index in [1.807, 2.05) is 30.3 Å². The van der Waals surface area contributed by atoms with Crippen molar-refractivity contribution >= 4 is 23.2 Å². The number of carbonyl (C=O) groups excluding carboxylic acids is 2. The van der Waals surface area contributed by atoms with Crippen molar-refractivity contribution in [3.8, 4) is 5.75 Å². The number of ether oxygens (including phenoxy) is 1. The van der Waals surface area contributed by atoms with Crippen LogP contribution >= 0.6 is 0 Å². The lowest BCUT2D eigenvalue weighted by Gasteiger charge is -2.14. The van der Waals surface area contributed by atoms with Gasteiger partial charge in [-0.15, -0.1) is 13.2 Å². The van der Waals surface area contributed by atoms with Gasteiger partial charge in [-0.05, 0) is 24.3 Å². The molecule has 2 amide bonds. The first-order valence-electron chi connectivity index (χ1n) is 9.50. The highest BCUT2D eigenvalue weighted by molar-refractivity contribution is 6.20. The molecule has 3 aromatic carbocycles. The number of aliphatic imine (C=N–C) groups is 1. The van der Waals surface area contributed by atoms with E-state index in [1.54, 1.807) is 24.3 Å². The zero-order chi connectivity index (χ0) is 22.7. The Hall–Kier alpha value is -4.14. The molecule has 6 nitrogen and oxygen atoms in total. The van der Waals surface area contributed by atoms with Crippen LogP contribution in [-0.4, -0.2) is 30.1 Å². The number of fused-ring (bicyclic) bond motifs is 1. The van der Waals surface area contributed by atoms with Crippen LogP contribution < -0.4 is 15.4 Å². The van der Waals surface area contributed by atoms with Crippen LogP contribution in [0.2, 0.25) is 0 Å². The molecule has 0 saturated heterocycles. The van der Waals surface area contributed by atoms with Gasteiger partial charge in [-0.1, -0.05) is 54.6 Å². The maximum absolute atomic E-state index is 12.8. The number of benzene rings is 3. The summed E-state index contributed by atoms with van der Waals surface area (Å²) in [5.74, 6) is -1.91. The van der Waals surface area contributed by atoms with E-state index in [4.69, 9.17) is 0 Å². The molecule has 1 heterocycles. The fourth-order valence-electron chi connectivity index (χ4n) is 3.22. The Balaban J connectivity index is 1.66. The molecular formula is C23H16F3N3O3. The lowest BCUT2D eigenvalue weighted by molar-refractivity contribution is -0.274. The van der Waals surface area contributed by atoms with Gasteiger partial charge in [-0.2, -0.15) is 0 Å². The van der Waals surface area contributed by atoms with Gasteiger partial charge in [0.15, 0.2) is 0 Å². The number of nitrogens with zero attached hydrogens (tertiary/aromatic N) is 1. The minimum absolute atomic E-state index is 0.113. The van der Waals surface area contributed by atoms with Crippen molar-refractivity contribution in [2.75, 3.05) is 5.32 Å². The lowest BCUT2D eigenvalue weighted by atomic mass is 10.0. The summed E-state index contributed by atoms with van der Waals surface area (Å²) in [5.41, 5.74) is 2.30. The van der Waals surface area contributed by atoms with Gasteiger partial charge in [0.05, 0.1) is 11.4 Å². The van der Waals surface area contributed by atoms with Crippen LogP contribution in [0.4, 0.5) is 18.9 Å². The highest BCUT2D eigenvalue weighted by Crippen LogP contribution is 2.25. The average Bonchev–Trinajstić information content (AvgIpc) is 2.90. The van der Waals surface area contributed by atoms with Gasteiger partial charge in [-0.25, -0.2) is 4.99 Å². The third-order valence-electron chi connectivity index (χ3n) is 4.59. The van der Waals surface area contributed by atoms with Gasteiger partial charge in [0, 0.05) is 16.7 Å². The predicted octanol–water partition coefficient (Wildman–Crippen LogP) is 4.13. The second-order valence-corrected chi connectivity index (χ2v) is 6.83. The maximum atomic E-state index is 12.8. The van der Waals surface area contributed by atoms with Crippen LogP contribution in [0.5, 0.6) is 5.75 Å². The van der Waals surface area contributed by atoms with Crippen molar-refractivity contribution in [1.29, 1.82) is 0 Å². The second kappa shape index (κ2) is 8.54. The number of anilines is 1. The van der Waals surface area contributed by atoms with Crippen molar-refractivity contribution in [3.05, 3.63) is 95.6 Å². The third-order valence-corrected chi connectivity index (χ3v) is 4.59. The Kier molecular flexibility index (Phi) is 5.63. The number of carbonyl (C=O) groups is 2. The van der Waals surface area contributed by atoms with Gasteiger partial charge in [0.2, 0.25) is 6.17 Å². The van der Waals surface area contributed by atoms with Crippen LogP contribution in [0.1, 0.15) is 21.5 Å². The first kappa shape index (κ1) is 21.1. The SMILES string of the molecule is O=C(NC1N=C(c2ccccc2)c2ccccc2NC1=O)c1cccc(OC(F)(F)F)c1. The van der Waals surface area contributed by atoms with Crippen molar-refractivity contribution in [2.24, 2.45) is 4.99 Å². The highest BCUT2D eigenvalue weighted by atomic mass is 19.4. The van der Waals surface area contributed by atoms with Gasteiger partial charge >= 0.3 is 6.36 Å². The third kappa shape index (κ3) is 4.77. The summed E-state index contributed by atoms with van der Waals surface area (Å²) in [7, 11) is 0. The van der Waals surface area contributed by atoms with Gasteiger partial charge < -0.3 is 15.4 Å². The molecule has 0 saturated carbocycles. The lowest BCUT2D eigenvalue weighted by Crippen LogP contribution is -2.42. The molecule has 9 heteroatoms. The molecule has 32 heavy (non-hydrogen) atoms. The van der Waals surface area contributed by atoms with E-state index < -0.39 is 30.1 Å². The zero-order valence-electron chi connectivity index (χ0n) is 16.4. The maximum Gasteiger partial charge on any atom is 0.573 e. The van der Waals surface area contributed by atoms with Crippen LogP contribution in [0.25, 0.3) is 0 Å². The summed E-state index contributed by atoms with van der Waals surface area (Å²) in [6.07, 6.45) is -6.20. The molecule has 1 atom stereocenters. The van der Waals surface area contributed by atoms with E-state index in [0.29, 0.717) is 17.0 Å². The summed E-state index contributed by atoms with van der Waals surface area (Å²) >= 11 is 0. The monoisotopic (exact) mass is 439 g/mol. The first-order valence-corrected chi connectivity index (χ1v) is 9.50. The molecule has 162 valence electrons. The number of hydrogen-bond donors (Lipinski definition) is 2. The highest BCUT2D eigenvalue weighted by Gasteiger charge is 2.32. The number of amides is 2. The number of benzodiazepines with no additional fused rings is 1. The fourth-order valence-corrected chi connectivity index (χ4v) is 3.22. The minimum Gasteiger partial charge on any atom is -0.406 e. The Morgan fingerprint density at radius 3 is 2.44 bits per heavy atom. The molecule has 1 aliphatic rings. The van der Waals surface area contributed by atoms with Crippen LogP contribution in [0.15, 0.2) is 83.9 Å². The quantitative estimate of drug-likeness (QED) is 0.642. The molecule has 0 fully saturated rings. The van der Waals surface area contributed by atoms with Crippen molar-refractivity contribution < 1.29 is 27.5 Å². The van der Waals surface area contributed by atoms with Crippen molar-refractivity contribution in [3.63, 3.8) is 0 Å². The Morgan fingerprint density at radius 2 is 1.69 bits per heavy atom. The standard InChI is InChI=1S/C23H16F3N3O3/c24-23(25,26)32-16-10-6-9-15(13-16)21(30)29-20-22(31)27-18-12-5-4-11-17(18)19(28-20)14-7-2-1-3-8-14/h1-13,20H,(H,27,31)(H,29,30). The topological polar surface area (TPSA) is 79.8 Å². The number of rotatable bonds is 4. The predicted molar refractivity (Wildman–Crippen MR) is 112 cm³/mol. The van der Waals surface area contributed by atoms with Crippen LogP contribution in [0, 0.1) is 0 Å². The zero-order valence-corrected chi connectivity index (χ0v) is 16.4. The van der Waals surface area contributed by atoms with Crippen LogP contribution in [0.3, 0.4) is 0 Å². The number of nitrogens with one attached hydrogen (secondary N) is 2. The first-order chi connectivity index (χ1) is 15.3. The van der Waals surface area contributed by atoms with E-state index in [9.17, 15) is 22.8 Å². The smallest absolute Gasteiger partial charge is 0.406 e. The molecule has 0 spiro atoms. The molecule has 1 aliphatic heterocycles. The fraction of sp³-hybridized carbons (Fsp3) is 0.0870. The number of halogens is 3. The summed E-state index contributed by atoms with van der Waals surface area (Å²) < 4.78 is 41.3. The minimum atomic E-state index is -4.89.